The molecule has 1 heterocycles. The number of hydrogen-bond donors (Lipinski definition) is 2. The Balaban J connectivity index is 0.00000364. The molecule has 1 fully saturated rings. The molecule has 0 aromatic heterocycles. The summed E-state index contributed by atoms with van der Waals surface area (Å²) in [5, 5.41) is 13.9. The van der Waals surface area contributed by atoms with Gasteiger partial charge in [-0.1, -0.05) is 47.6 Å². The van der Waals surface area contributed by atoms with Gasteiger partial charge in [-0.15, -0.1) is 12.4 Å². The van der Waals surface area contributed by atoms with Crippen molar-refractivity contribution >= 4 is 12.4 Å². The second-order valence-electron chi connectivity index (χ2n) is 9.19. The van der Waals surface area contributed by atoms with Crippen LogP contribution in [-0.4, -0.2) is 42.4 Å². The number of phenols is 1. The number of phenolic OH excluding ortho intramolecular Hbond substituents is 1. The fraction of sp³-hybridized carbons (Fsp3) is 0.700. The van der Waals surface area contributed by atoms with Crippen molar-refractivity contribution in [2.24, 2.45) is 0 Å². The highest BCUT2D eigenvalue weighted by molar-refractivity contribution is 5.85. The Morgan fingerprint density at radius 3 is 1.89 bits per heavy atom. The van der Waals surface area contributed by atoms with E-state index >= 15 is 0 Å². The zero-order chi connectivity index (χ0) is 19.9. The molecule has 1 saturated heterocycles. The van der Waals surface area contributed by atoms with Crippen molar-refractivity contribution in [3.05, 3.63) is 28.8 Å². The Bertz CT molecular complexity index is 642. The van der Waals surface area contributed by atoms with Crippen LogP contribution in [0, 0.1) is 0 Å². The first-order chi connectivity index (χ1) is 11.7. The minimum Gasteiger partial charge on any atom is -0.507 e. The zero-order valence-corrected chi connectivity index (χ0v) is 17.8. The van der Waals surface area contributed by atoms with E-state index in [-0.39, 0.29) is 29.1 Å². The smallest absolute Gasteiger partial charge is 0.408 e. The maximum Gasteiger partial charge on any atom is 0.408 e. The van der Waals surface area contributed by atoms with Gasteiger partial charge in [0.05, 0.1) is 0 Å². The fourth-order valence-corrected chi connectivity index (χ4v) is 3.39. The standard InChI is InChI=1S/C20H31F3N2O.ClH/c1-18(2,3)13-11-14(16(26)15(12-13)19(4,5)6)17(20(21,22)23)25-9-7-24-8-10-25;/h11-12,17,24,26H,7-10H2,1-6H3;1H/t17-;/m0./s1. The van der Waals surface area contributed by atoms with Gasteiger partial charge in [-0.05, 0) is 28.0 Å². The summed E-state index contributed by atoms with van der Waals surface area (Å²) in [6, 6.07) is 1.60. The number of benzene rings is 1. The molecule has 156 valence electrons. The molecular formula is C20H32ClF3N2O. The maximum atomic E-state index is 14.1. The highest BCUT2D eigenvalue weighted by Gasteiger charge is 2.47. The number of alkyl halides is 3. The summed E-state index contributed by atoms with van der Waals surface area (Å²) in [4.78, 5) is 1.42. The van der Waals surface area contributed by atoms with E-state index < -0.39 is 17.6 Å². The lowest BCUT2D eigenvalue weighted by Gasteiger charge is -2.38. The zero-order valence-electron chi connectivity index (χ0n) is 17.0. The first-order valence-electron chi connectivity index (χ1n) is 9.12. The first kappa shape index (κ1) is 24.1. The second kappa shape index (κ2) is 8.18. The van der Waals surface area contributed by atoms with E-state index in [0.29, 0.717) is 31.7 Å². The molecule has 0 saturated carbocycles. The van der Waals surface area contributed by atoms with Crippen molar-refractivity contribution in [2.45, 2.75) is 64.6 Å². The van der Waals surface area contributed by atoms with E-state index in [2.05, 4.69) is 5.32 Å². The van der Waals surface area contributed by atoms with Gasteiger partial charge in [0, 0.05) is 31.7 Å². The number of nitrogens with zero attached hydrogens (tertiary/aromatic N) is 1. The van der Waals surface area contributed by atoms with Gasteiger partial charge in [-0.3, -0.25) is 4.90 Å². The molecule has 0 amide bonds. The molecule has 7 heteroatoms. The summed E-state index contributed by atoms with van der Waals surface area (Å²) >= 11 is 0. The number of nitrogens with one attached hydrogen (secondary N) is 1. The largest absolute Gasteiger partial charge is 0.507 e. The van der Waals surface area contributed by atoms with Gasteiger partial charge < -0.3 is 10.4 Å². The van der Waals surface area contributed by atoms with Gasteiger partial charge in [-0.25, -0.2) is 0 Å². The predicted octanol–water partition coefficient (Wildman–Crippen LogP) is 4.92. The second-order valence-corrected chi connectivity index (χ2v) is 9.19. The lowest BCUT2D eigenvalue weighted by Crippen LogP contribution is -2.49. The molecule has 0 spiro atoms. The molecule has 3 nitrogen and oxygen atoms in total. The van der Waals surface area contributed by atoms with Crippen LogP contribution >= 0.6 is 12.4 Å². The lowest BCUT2D eigenvalue weighted by atomic mass is 9.78. The van der Waals surface area contributed by atoms with E-state index in [4.69, 9.17) is 0 Å². The molecule has 1 aromatic rings. The molecule has 0 radical (unpaired) electrons. The molecule has 0 unspecified atom stereocenters. The SMILES string of the molecule is CC(C)(C)c1cc([C@H](N2CCNCC2)C(F)(F)F)c(O)c(C(C)(C)C)c1.Cl. The van der Waals surface area contributed by atoms with Gasteiger partial charge >= 0.3 is 6.18 Å². The van der Waals surface area contributed by atoms with Crippen molar-refractivity contribution in [3.8, 4) is 5.75 Å². The molecule has 1 aromatic carbocycles. The number of aromatic hydroxyl groups is 1. The van der Waals surface area contributed by atoms with E-state index in [0.717, 1.165) is 5.56 Å². The van der Waals surface area contributed by atoms with Crippen LogP contribution in [-0.2, 0) is 10.8 Å². The highest BCUT2D eigenvalue weighted by atomic mass is 35.5. The summed E-state index contributed by atoms with van der Waals surface area (Å²) < 4.78 is 42.2. The summed E-state index contributed by atoms with van der Waals surface area (Å²) in [6.07, 6.45) is -4.46. The van der Waals surface area contributed by atoms with Crippen molar-refractivity contribution in [2.75, 3.05) is 26.2 Å². The summed E-state index contributed by atoms with van der Waals surface area (Å²) in [6.45, 7) is 13.3. The van der Waals surface area contributed by atoms with Crippen LogP contribution in [0.5, 0.6) is 5.75 Å². The normalized spacial score (nSPS) is 18.1. The van der Waals surface area contributed by atoms with Crippen molar-refractivity contribution < 1.29 is 18.3 Å². The first-order valence-corrected chi connectivity index (χ1v) is 9.12. The van der Waals surface area contributed by atoms with E-state index in [1.807, 2.05) is 47.6 Å². The number of hydrogen-bond acceptors (Lipinski definition) is 3. The van der Waals surface area contributed by atoms with E-state index in [1.165, 1.54) is 4.90 Å². The number of piperazine rings is 1. The molecule has 27 heavy (non-hydrogen) atoms. The average molecular weight is 409 g/mol. The molecular weight excluding hydrogens is 377 g/mol. The summed E-state index contributed by atoms with van der Waals surface area (Å²) in [5.41, 5.74) is 0.558. The fourth-order valence-electron chi connectivity index (χ4n) is 3.39. The van der Waals surface area contributed by atoms with Crippen LogP contribution < -0.4 is 5.32 Å². The van der Waals surface area contributed by atoms with Gasteiger partial charge in [0.15, 0.2) is 0 Å². The Kier molecular flexibility index (Phi) is 7.28. The minimum absolute atomic E-state index is 0. The van der Waals surface area contributed by atoms with Gasteiger partial charge in [0.25, 0.3) is 0 Å². The van der Waals surface area contributed by atoms with Crippen LogP contribution in [0.25, 0.3) is 0 Å². The summed E-state index contributed by atoms with van der Waals surface area (Å²) in [5.74, 6) is -0.230. The molecule has 1 aliphatic rings. The van der Waals surface area contributed by atoms with Crippen LogP contribution in [0.4, 0.5) is 13.2 Å². The van der Waals surface area contributed by atoms with Crippen LogP contribution in [0.2, 0.25) is 0 Å². The molecule has 1 atom stereocenters. The Labute approximate surface area is 166 Å². The summed E-state index contributed by atoms with van der Waals surface area (Å²) in [7, 11) is 0. The van der Waals surface area contributed by atoms with Crippen molar-refractivity contribution in [1.29, 1.82) is 0 Å². The third-order valence-electron chi connectivity index (χ3n) is 4.93. The van der Waals surface area contributed by atoms with Gasteiger partial charge in [-0.2, -0.15) is 13.2 Å². The Hall–Kier alpha value is -0.980. The quantitative estimate of drug-likeness (QED) is 0.729. The van der Waals surface area contributed by atoms with Crippen LogP contribution in [0.3, 0.4) is 0 Å². The van der Waals surface area contributed by atoms with Gasteiger partial charge in [0.1, 0.15) is 11.8 Å². The van der Waals surface area contributed by atoms with Gasteiger partial charge in [0.2, 0.25) is 0 Å². The monoisotopic (exact) mass is 408 g/mol. The third-order valence-corrected chi connectivity index (χ3v) is 4.93. The topological polar surface area (TPSA) is 35.5 Å². The molecule has 0 aliphatic carbocycles. The molecule has 2 N–H and O–H groups in total. The number of rotatable bonds is 2. The van der Waals surface area contributed by atoms with E-state index in [9.17, 15) is 18.3 Å². The maximum absolute atomic E-state index is 14.1. The predicted molar refractivity (Wildman–Crippen MR) is 106 cm³/mol. The highest BCUT2D eigenvalue weighted by Crippen LogP contribution is 2.46. The molecule has 1 aliphatic heterocycles. The van der Waals surface area contributed by atoms with E-state index in [1.54, 1.807) is 6.07 Å². The Morgan fingerprint density at radius 1 is 0.963 bits per heavy atom. The third kappa shape index (κ3) is 5.52. The van der Waals surface area contributed by atoms with Crippen molar-refractivity contribution in [1.82, 2.24) is 10.2 Å². The molecule has 0 bridgehead atoms. The minimum atomic E-state index is -4.46. The lowest BCUT2D eigenvalue weighted by molar-refractivity contribution is -0.188. The van der Waals surface area contributed by atoms with Crippen LogP contribution in [0.1, 0.15) is 64.3 Å². The average Bonchev–Trinajstić information content (AvgIpc) is 2.46. The van der Waals surface area contributed by atoms with Crippen LogP contribution in [0.15, 0.2) is 12.1 Å². The molecule has 2 rings (SSSR count). The Morgan fingerprint density at radius 2 is 1.48 bits per heavy atom. The number of halogens is 4. The van der Waals surface area contributed by atoms with Crippen molar-refractivity contribution in [3.63, 3.8) is 0 Å².